The fraction of sp³-hybridized carbons (Fsp3) is 1.00. The number of hydrogen-bond donors (Lipinski definition) is 0. The van der Waals surface area contributed by atoms with Crippen LogP contribution < -0.4 is 51.4 Å². The summed E-state index contributed by atoms with van der Waals surface area (Å²) in [5.41, 5.74) is 0. The molecule has 0 fully saturated rings. The first-order valence-corrected chi connectivity index (χ1v) is 21.9. The van der Waals surface area contributed by atoms with Crippen LogP contribution >= 0.6 is 0 Å². The molecule has 0 N–H and O–H groups in total. The van der Waals surface area contributed by atoms with Crippen molar-refractivity contribution in [2.75, 3.05) is 0 Å². The zero-order valence-corrected chi connectivity index (χ0v) is 23.2. The average molecular weight is 357 g/mol. The van der Waals surface area contributed by atoms with Gasteiger partial charge in [0.1, 0.15) is 0 Å². The number of hydrogen-bond acceptors (Lipinski definition) is 0. The zero-order valence-electron chi connectivity index (χ0n) is 16.1. The first-order valence-electron chi connectivity index (χ1n) is 7.44. The predicted molar refractivity (Wildman–Crippen MR) is 98.8 cm³/mol. The minimum absolute atomic E-state index is 0. The van der Waals surface area contributed by atoms with Crippen LogP contribution in [-0.4, -0.2) is 30.1 Å². The average Bonchev–Trinajstić information content (AvgIpc) is 1.95. The minimum Gasteiger partial charge on any atom is -0.251 e. The van der Waals surface area contributed by atoms with Gasteiger partial charge in [-0.05, 0) is 5.92 Å². The molecule has 0 bridgehead atoms. The van der Waals surface area contributed by atoms with E-state index in [4.69, 9.17) is 0 Å². The Morgan fingerprint density at radius 2 is 1.00 bits per heavy atom. The van der Waals surface area contributed by atoms with Crippen LogP contribution in [0, 0.1) is 5.92 Å². The summed E-state index contributed by atoms with van der Waals surface area (Å²) in [6.45, 7) is 31.5. The Bertz CT molecular complexity index is 271. The molecular weight excluding hydrogens is 320 g/mol. The van der Waals surface area contributed by atoms with E-state index in [0.29, 0.717) is 5.04 Å². The van der Waals surface area contributed by atoms with Gasteiger partial charge in [-0.25, -0.2) is 0 Å². The molecule has 0 aromatic rings. The molecule has 0 aliphatic heterocycles. The molecule has 0 heterocycles. The first kappa shape index (κ1) is 23.8. The normalized spacial score (nSPS) is 14.8. The molecule has 0 nitrogen and oxygen atoms in total. The molecule has 0 saturated heterocycles. The predicted octanol–water partition coefficient (Wildman–Crippen LogP) is 2.54. The second-order valence-electron chi connectivity index (χ2n) is 9.38. The van der Waals surface area contributed by atoms with Crippen molar-refractivity contribution in [1.29, 1.82) is 0 Å². The second-order valence-corrected chi connectivity index (χ2v) is 45.4. The van der Waals surface area contributed by atoms with Crippen molar-refractivity contribution < 1.29 is 51.4 Å². The molecule has 5 heteroatoms. The summed E-state index contributed by atoms with van der Waals surface area (Å²) >= 11 is 0. The van der Waals surface area contributed by atoms with E-state index < -0.39 is 22.8 Å². The van der Waals surface area contributed by atoms with E-state index in [1.54, 1.807) is 0 Å². The van der Waals surface area contributed by atoms with E-state index in [2.05, 4.69) is 80.1 Å². The SMILES string of the molecule is CC(C)C(C)(C)[Si](C)(C)[Si-]([Si](C)(C)C)[Si](C)(C)C.[K+]. The van der Waals surface area contributed by atoms with Crippen LogP contribution in [-0.2, 0) is 0 Å². The molecule has 0 atom stereocenters. The molecule has 0 saturated carbocycles. The molecule has 0 unspecified atom stereocenters. The maximum atomic E-state index is 2.73. The minimum atomic E-state index is -1.17. The smallest absolute Gasteiger partial charge is 0.251 e. The van der Waals surface area contributed by atoms with Crippen LogP contribution in [0.15, 0.2) is 0 Å². The van der Waals surface area contributed by atoms with Crippen molar-refractivity contribution in [2.45, 2.75) is 85.1 Å². The molecule has 19 heavy (non-hydrogen) atoms. The fourth-order valence-corrected chi connectivity index (χ4v) is 92.7. The van der Waals surface area contributed by atoms with Crippen LogP contribution in [0.5, 0.6) is 0 Å². The Hall–Kier alpha value is 2.50. The van der Waals surface area contributed by atoms with E-state index in [9.17, 15) is 0 Å². The van der Waals surface area contributed by atoms with Gasteiger partial charge in [-0.1, -0.05) is 92.7 Å². The van der Waals surface area contributed by atoms with Gasteiger partial charge in [0.25, 0.3) is 0 Å². The summed E-state index contributed by atoms with van der Waals surface area (Å²) in [6.07, 6.45) is 0. The Labute approximate surface area is 170 Å². The maximum Gasteiger partial charge on any atom is 1.00 e. The van der Waals surface area contributed by atoms with Gasteiger partial charge in [0.05, 0.1) is 0 Å². The van der Waals surface area contributed by atoms with Gasteiger partial charge in [-0.3, -0.25) is 7.35 Å². The summed E-state index contributed by atoms with van der Waals surface area (Å²) in [5.74, 6) is 0.826. The molecule has 0 aliphatic rings. The summed E-state index contributed by atoms with van der Waals surface area (Å²) < 4.78 is 0. The van der Waals surface area contributed by atoms with Crippen molar-refractivity contribution in [1.82, 2.24) is 0 Å². The van der Waals surface area contributed by atoms with Crippen LogP contribution in [0.4, 0.5) is 0 Å². The number of rotatable bonds is 5. The summed E-state index contributed by atoms with van der Waals surface area (Å²) in [6, 6.07) is 0. The Kier molecular flexibility index (Phi) is 9.23. The van der Waals surface area contributed by atoms with Crippen LogP contribution in [0.1, 0.15) is 27.7 Å². The van der Waals surface area contributed by atoms with Gasteiger partial charge < -0.3 is 0 Å². The van der Waals surface area contributed by atoms with Crippen molar-refractivity contribution in [3.63, 3.8) is 0 Å². The van der Waals surface area contributed by atoms with E-state index in [1.807, 2.05) is 0 Å². The monoisotopic (exact) mass is 356 g/mol. The fourth-order valence-electron chi connectivity index (χ4n) is 4.04. The van der Waals surface area contributed by atoms with E-state index >= 15 is 0 Å². The van der Waals surface area contributed by atoms with Gasteiger partial charge >= 0.3 is 51.4 Å². The van der Waals surface area contributed by atoms with Crippen molar-refractivity contribution in [3.8, 4) is 0 Å². The Morgan fingerprint density at radius 3 is 1.16 bits per heavy atom. The Balaban J connectivity index is 0. The quantitative estimate of drug-likeness (QED) is 0.664. The molecule has 0 aromatic carbocycles. The molecular formula is C14H37KSi4. The topological polar surface area (TPSA) is 0 Å². The van der Waals surface area contributed by atoms with Crippen LogP contribution in [0.3, 0.4) is 0 Å². The largest absolute Gasteiger partial charge is 1.00 e. The van der Waals surface area contributed by atoms with Crippen LogP contribution in [0.2, 0.25) is 57.4 Å². The third-order valence-electron chi connectivity index (χ3n) is 5.18. The molecule has 0 rings (SSSR count). The molecule has 0 radical (unpaired) electrons. The molecule has 0 amide bonds. The zero-order chi connectivity index (χ0) is 15.2. The molecule has 110 valence electrons. The maximum absolute atomic E-state index is 2.73. The van der Waals surface area contributed by atoms with Gasteiger partial charge in [0.2, 0.25) is 0 Å². The van der Waals surface area contributed by atoms with Crippen molar-refractivity contribution >= 4 is 30.1 Å². The molecule has 0 aliphatic carbocycles. The van der Waals surface area contributed by atoms with Gasteiger partial charge in [-0.2, -0.15) is 0 Å². The van der Waals surface area contributed by atoms with Gasteiger partial charge in [-0.15, -0.1) is 15.2 Å². The van der Waals surface area contributed by atoms with Gasteiger partial charge in [0.15, 0.2) is 0 Å². The van der Waals surface area contributed by atoms with Gasteiger partial charge in [0, 0.05) is 0 Å². The van der Waals surface area contributed by atoms with Crippen molar-refractivity contribution in [2.24, 2.45) is 5.92 Å². The van der Waals surface area contributed by atoms with Crippen LogP contribution in [0.25, 0.3) is 0 Å². The molecule has 0 aromatic heterocycles. The third kappa shape index (κ3) is 5.57. The van der Waals surface area contributed by atoms with E-state index in [1.165, 1.54) is 0 Å². The summed E-state index contributed by atoms with van der Waals surface area (Å²) in [7, 11) is -3.28. The first-order chi connectivity index (χ1) is 7.56. The summed E-state index contributed by atoms with van der Waals surface area (Å²) in [4.78, 5) is 0. The Morgan fingerprint density at radius 1 is 0.737 bits per heavy atom. The van der Waals surface area contributed by atoms with E-state index in [-0.39, 0.29) is 58.7 Å². The van der Waals surface area contributed by atoms with Crippen molar-refractivity contribution in [3.05, 3.63) is 0 Å². The molecule has 0 spiro atoms. The standard InChI is InChI=1S/C14H37Si4.K/c1-13(2)14(3,4)18(11,12)15(16(5,6)7)17(8,9)10;/h13H,1-12H3;/q-1;+1. The third-order valence-corrected chi connectivity index (χ3v) is 66.2. The second kappa shape index (κ2) is 7.38. The summed E-state index contributed by atoms with van der Waals surface area (Å²) in [5, 5.41) is 0.585. The van der Waals surface area contributed by atoms with E-state index in [0.717, 1.165) is 5.92 Å².